The van der Waals surface area contributed by atoms with Crippen LogP contribution in [0.1, 0.15) is 0 Å². The first-order valence-electron chi connectivity index (χ1n) is 1.74. The molecule has 0 aliphatic rings. The monoisotopic (exact) mass is 119 g/mol. The van der Waals surface area contributed by atoms with E-state index in [9.17, 15) is 9.59 Å². The molecule has 5 nitrogen and oxygen atoms in total. The van der Waals surface area contributed by atoms with Crippen molar-refractivity contribution in [1.29, 1.82) is 0 Å². The zero-order valence-electron chi connectivity index (χ0n) is 4.17. The summed E-state index contributed by atoms with van der Waals surface area (Å²) in [5.41, 5.74) is 1.10. The molecule has 0 atom stereocenters. The van der Waals surface area contributed by atoms with Crippen LogP contribution in [0.15, 0.2) is 0 Å². The fraction of sp³-hybridized carbons (Fsp3) is 0.333. The summed E-state index contributed by atoms with van der Waals surface area (Å²) in [5.74, 6) is -2.29. The Balaban J connectivity index is 3.64. The summed E-state index contributed by atoms with van der Waals surface area (Å²) in [7, 11) is 1.04. The van der Waals surface area contributed by atoms with Crippen molar-refractivity contribution in [2.45, 2.75) is 0 Å². The number of carbonyl (C=O) groups is 2. The van der Waals surface area contributed by atoms with Crippen molar-refractivity contribution in [3.63, 3.8) is 0 Å². The third-order valence-corrected chi connectivity index (χ3v) is 0.472. The highest BCUT2D eigenvalue weighted by Crippen LogP contribution is 1.68. The van der Waals surface area contributed by atoms with Gasteiger partial charge in [-0.05, 0) is 0 Å². The summed E-state index contributed by atoms with van der Waals surface area (Å²) in [6.07, 6.45) is 0. The van der Waals surface area contributed by atoms with Gasteiger partial charge in [0.1, 0.15) is 0 Å². The van der Waals surface area contributed by atoms with Gasteiger partial charge in [0.05, 0.1) is 7.11 Å². The van der Waals surface area contributed by atoms with Crippen molar-refractivity contribution in [2.75, 3.05) is 7.11 Å². The molecule has 0 saturated carbocycles. The van der Waals surface area contributed by atoms with E-state index in [1.165, 1.54) is 0 Å². The average Bonchev–Trinajstić information content (AvgIpc) is 1.84. The van der Waals surface area contributed by atoms with Crippen LogP contribution in [0.25, 0.3) is 0 Å². The van der Waals surface area contributed by atoms with Gasteiger partial charge in [0.2, 0.25) is 0 Å². The van der Waals surface area contributed by atoms with Crippen molar-refractivity contribution in [2.24, 2.45) is 0 Å². The van der Waals surface area contributed by atoms with E-state index < -0.39 is 11.9 Å². The van der Waals surface area contributed by atoms with Gasteiger partial charge in [-0.2, -0.15) is 0 Å². The molecule has 0 aliphatic carbocycles. The lowest BCUT2D eigenvalue weighted by Crippen LogP contribution is -2.28. The van der Waals surface area contributed by atoms with Crippen molar-refractivity contribution >= 4 is 11.9 Å². The van der Waals surface area contributed by atoms with Crippen LogP contribution in [0.5, 0.6) is 0 Å². The molecule has 0 aromatic heterocycles. The minimum atomic E-state index is -1.17. The largest absolute Gasteiger partial charge is 0.462 e. The molecular weight excluding hydrogens is 114 g/mol. The van der Waals surface area contributed by atoms with Crippen LogP contribution in [-0.2, 0) is 14.3 Å². The first-order valence-corrected chi connectivity index (χ1v) is 1.74. The summed E-state index contributed by atoms with van der Waals surface area (Å²) < 4.78 is 3.89. The molecule has 5 heteroatoms. The number of nitrogens with one attached hydrogen (secondary N) is 1. The Hall–Kier alpha value is -1.10. The maximum atomic E-state index is 9.95. The van der Waals surface area contributed by atoms with E-state index in [0.29, 0.717) is 0 Å². The quantitative estimate of drug-likeness (QED) is 0.179. The van der Waals surface area contributed by atoms with Gasteiger partial charge in [0.15, 0.2) is 0 Å². The molecule has 46 valence electrons. The predicted molar refractivity (Wildman–Crippen MR) is 21.9 cm³/mol. The third kappa shape index (κ3) is 1.57. The van der Waals surface area contributed by atoms with E-state index in [1.54, 1.807) is 0 Å². The van der Waals surface area contributed by atoms with Crippen LogP contribution in [0.4, 0.5) is 0 Å². The summed E-state index contributed by atoms with van der Waals surface area (Å²) in [6.45, 7) is 0. The number of hydroxylamine groups is 1. The molecule has 2 N–H and O–H groups in total. The minimum absolute atomic E-state index is 1.04. The third-order valence-electron chi connectivity index (χ3n) is 0.472. The van der Waals surface area contributed by atoms with Gasteiger partial charge in [-0.1, -0.05) is 0 Å². The van der Waals surface area contributed by atoms with Crippen LogP contribution in [0.2, 0.25) is 0 Å². The van der Waals surface area contributed by atoms with Crippen LogP contribution in [-0.4, -0.2) is 24.2 Å². The molecule has 0 spiro atoms. The molecular formula is C3H5NO4. The number of ether oxygens (including phenoxy) is 1. The first kappa shape index (κ1) is 6.90. The second-order valence-electron chi connectivity index (χ2n) is 0.933. The lowest BCUT2D eigenvalue weighted by molar-refractivity contribution is -0.156. The molecule has 0 saturated heterocycles. The Bertz CT molecular complexity index is 95.9. The van der Waals surface area contributed by atoms with Gasteiger partial charge in [-0.3, -0.25) is 10.0 Å². The van der Waals surface area contributed by atoms with E-state index in [1.807, 2.05) is 0 Å². The zero-order valence-corrected chi connectivity index (χ0v) is 4.17. The lowest BCUT2D eigenvalue weighted by Gasteiger charge is -1.91. The first-order chi connectivity index (χ1) is 3.72. The molecule has 0 fully saturated rings. The van der Waals surface area contributed by atoms with Crippen LogP contribution in [0.3, 0.4) is 0 Å². The molecule has 0 bridgehead atoms. The lowest BCUT2D eigenvalue weighted by atomic mass is 10.7. The molecule has 1 amide bonds. The van der Waals surface area contributed by atoms with E-state index in [-0.39, 0.29) is 0 Å². The van der Waals surface area contributed by atoms with E-state index in [0.717, 1.165) is 12.6 Å². The van der Waals surface area contributed by atoms with Crippen LogP contribution < -0.4 is 5.48 Å². The second kappa shape index (κ2) is 2.98. The van der Waals surface area contributed by atoms with E-state index >= 15 is 0 Å². The fourth-order valence-corrected chi connectivity index (χ4v) is 0.138. The SMILES string of the molecule is COC(=O)C(=O)NO. The summed E-state index contributed by atoms with van der Waals surface area (Å²) in [4.78, 5) is 19.9. The number of esters is 1. The molecule has 0 heterocycles. The maximum Gasteiger partial charge on any atom is 0.398 e. The van der Waals surface area contributed by atoms with Gasteiger partial charge in [0, 0.05) is 0 Å². The van der Waals surface area contributed by atoms with E-state index in [2.05, 4.69) is 4.74 Å². The average molecular weight is 119 g/mol. The predicted octanol–water partition coefficient (Wildman–Crippen LogP) is -1.34. The second-order valence-corrected chi connectivity index (χ2v) is 0.933. The van der Waals surface area contributed by atoms with Crippen LogP contribution in [0, 0.1) is 0 Å². The Morgan fingerprint density at radius 1 is 1.62 bits per heavy atom. The highest BCUT2D eigenvalue weighted by Gasteiger charge is 2.10. The Labute approximate surface area is 45.2 Å². The summed E-state index contributed by atoms with van der Waals surface area (Å²) in [5, 5.41) is 7.74. The number of hydrogen-bond acceptors (Lipinski definition) is 4. The van der Waals surface area contributed by atoms with Gasteiger partial charge >= 0.3 is 11.9 Å². The van der Waals surface area contributed by atoms with Gasteiger partial charge < -0.3 is 4.74 Å². The minimum Gasteiger partial charge on any atom is -0.462 e. The Morgan fingerprint density at radius 2 is 2.12 bits per heavy atom. The Kier molecular flexibility index (Phi) is 2.57. The Morgan fingerprint density at radius 3 is 2.25 bits per heavy atom. The highest BCUT2D eigenvalue weighted by atomic mass is 16.5. The standard InChI is InChI=1S/C3H5NO4/c1-8-3(6)2(5)4-7/h7H,1H3,(H,4,5). The smallest absolute Gasteiger partial charge is 0.398 e. The zero-order chi connectivity index (χ0) is 6.57. The van der Waals surface area contributed by atoms with E-state index in [4.69, 9.17) is 5.21 Å². The molecule has 0 rings (SSSR count). The molecule has 0 aliphatic heterocycles. The number of amides is 1. The normalized spacial score (nSPS) is 7.75. The van der Waals surface area contributed by atoms with Crippen molar-refractivity contribution in [3.05, 3.63) is 0 Å². The highest BCUT2D eigenvalue weighted by molar-refractivity contribution is 6.31. The number of carbonyl (C=O) groups excluding carboxylic acids is 2. The topological polar surface area (TPSA) is 75.6 Å². The molecule has 0 aromatic carbocycles. The van der Waals surface area contributed by atoms with Crippen LogP contribution >= 0.6 is 0 Å². The van der Waals surface area contributed by atoms with Gasteiger partial charge in [-0.25, -0.2) is 10.3 Å². The molecule has 0 unspecified atom stereocenters. The fourth-order valence-electron chi connectivity index (χ4n) is 0.138. The van der Waals surface area contributed by atoms with Crippen molar-refractivity contribution in [1.82, 2.24) is 5.48 Å². The number of hydrogen-bond donors (Lipinski definition) is 2. The summed E-state index contributed by atoms with van der Waals surface area (Å²) >= 11 is 0. The van der Waals surface area contributed by atoms with Crippen molar-refractivity contribution < 1.29 is 19.5 Å². The van der Waals surface area contributed by atoms with Crippen molar-refractivity contribution in [3.8, 4) is 0 Å². The maximum absolute atomic E-state index is 9.95. The number of rotatable bonds is 0. The number of methoxy groups -OCH3 is 1. The molecule has 0 aromatic rings. The van der Waals surface area contributed by atoms with Gasteiger partial charge in [0.25, 0.3) is 0 Å². The summed E-state index contributed by atoms with van der Waals surface area (Å²) in [6, 6.07) is 0. The van der Waals surface area contributed by atoms with Gasteiger partial charge in [-0.15, -0.1) is 0 Å². The molecule has 0 radical (unpaired) electrons. The molecule has 8 heavy (non-hydrogen) atoms.